The molecule has 0 heterocycles. The Hall–Kier alpha value is -0.480. The van der Waals surface area contributed by atoms with Gasteiger partial charge in [0, 0.05) is 19.0 Å². The standard InChI is InChI=1S/C14H25N/c1-3-5-12-15-14-9-6-8-13(7-4-2)10-11-14/h1,13-15H,4-12H2,2H3. The summed E-state index contributed by atoms with van der Waals surface area (Å²) in [6, 6.07) is 0.736. The quantitative estimate of drug-likeness (QED) is 0.414. The number of hydrogen-bond acceptors (Lipinski definition) is 1. The van der Waals surface area contributed by atoms with Crippen molar-refractivity contribution < 1.29 is 0 Å². The smallest absolute Gasteiger partial charge is 0.0211 e. The van der Waals surface area contributed by atoms with Gasteiger partial charge in [-0.25, -0.2) is 0 Å². The first-order valence-corrected chi connectivity index (χ1v) is 6.53. The normalized spacial score (nSPS) is 26.9. The van der Waals surface area contributed by atoms with Crippen molar-refractivity contribution in [3.05, 3.63) is 0 Å². The molecule has 0 spiro atoms. The SMILES string of the molecule is C#CCCNC1CCCC(CCC)CC1. The van der Waals surface area contributed by atoms with E-state index in [2.05, 4.69) is 18.2 Å². The molecule has 1 saturated carbocycles. The summed E-state index contributed by atoms with van der Waals surface area (Å²) in [7, 11) is 0. The molecule has 2 atom stereocenters. The van der Waals surface area contributed by atoms with Crippen molar-refractivity contribution in [1.82, 2.24) is 5.32 Å². The van der Waals surface area contributed by atoms with Crippen LogP contribution in [0.5, 0.6) is 0 Å². The predicted octanol–water partition coefficient (Wildman–Crippen LogP) is 3.35. The molecule has 0 radical (unpaired) electrons. The Kier molecular flexibility index (Phi) is 6.52. The van der Waals surface area contributed by atoms with Gasteiger partial charge in [-0.2, -0.15) is 0 Å². The molecule has 1 fully saturated rings. The first-order valence-electron chi connectivity index (χ1n) is 6.53. The van der Waals surface area contributed by atoms with Gasteiger partial charge in [0.05, 0.1) is 0 Å². The third kappa shape index (κ3) is 5.23. The average molecular weight is 207 g/mol. The van der Waals surface area contributed by atoms with Crippen molar-refractivity contribution in [3.63, 3.8) is 0 Å². The summed E-state index contributed by atoms with van der Waals surface area (Å²) in [5.74, 6) is 3.68. The van der Waals surface area contributed by atoms with E-state index in [1.165, 1.54) is 44.9 Å². The zero-order valence-corrected chi connectivity index (χ0v) is 10.1. The highest BCUT2D eigenvalue weighted by molar-refractivity contribution is 4.85. The van der Waals surface area contributed by atoms with E-state index in [4.69, 9.17) is 6.42 Å². The van der Waals surface area contributed by atoms with E-state index in [1.54, 1.807) is 0 Å². The lowest BCUT2D eigenvalue weighted by Crippen LogP contribution is -2.29. The minimum atomic E-state index is 0.736. The predicted molar refractivity (Wildman–Crippen MR) is 66.7 cm³/mol. The first kappa shape index (κ1) is 12.6. The van der Waals surface area contributed by atoms with Crippen LogP contribution in [0.25, 0.3) is 0 Å². The number of terminal acetylenes is 1. The maximum absolute atomic E-state index is 5.25. The molecule has 15 heavy (non-hydrogen) atoms. The average Bonchev–Trinajstić information content (AvgIpc) is 2.45. The van der Waals surface area contributed by atoms with Gasteiger partial charge in [0.25, 0.3) is 0 Å². The highest BCUT2D eigenvalue weighted by Crippen LogP contribution is 2.26. The second kappa shape index (κ2) is 7.77. The molecule has 0 aromatic rings. The number of nitrogens with one attached hydrogen (secondary N) is 1. The lowest BCUT2D eigenvalue weighted by Gasteiger charge is -2.15. The molecule has 1 nitrogen and oxygen atoms in total. The van der Waals surface area contributed by atoms with E-state index < -0.39 is 0 Å². The van der Waals surface area contributed by atoms with Gasteiger partial charge in [0.1, 0.15) is 0 Å². The molecular formula is C14H25N. The lowest BCUT2D eigenvalue weighted by molar-refractivity contribution is 0.411. The topological polar surface area (TPSA) is 12.0 Å². The Morgan fingerprint density at radius 1 is 1.27 bits per heavy atom. The van der Waals surface area contributed by atoms with Gasteiger partial charge in [-0.3, -0.25) is 0 Å². The van der Waals surface area contributed by atoms with E-state index in [0.717, 1.165) is 24.9 Å². The second-order valence-electron chi connectivity index (χ2n) is 4.77. The van der Waals surface area contributed by atoms with Crippen LogP contribution >= 0.6 is 0 Å². The molecule has 1 rings (SSSR count). The summed E-state index contributed by atoms with van der Waals surface area (Å²) < 4.78 is 0. The van der Waals surface area contributed by atoms with Crippen LogP contribution in [0.4, 0.5) is 0 Å². The summed E-state index contributed by atoms with van der Waals surface area (Å²) in [5, 5.41) is 3.58. The monoisotopic (exact) mass is 207 g/mol. The molecule has 0 amide bonds. The van der Waals surface area contributed by atoms with E-state index in [1.807, 2.05) is 0 Å². The minimum absolute atomic E-state index is 0.736. The maximum atomic E-state index is 5.25. The molecule has 0 aromatic carbocycles. The van der Waals surface area contributed by atoms with E-state index in [-0.39, 0.29) is 0 Å². The van der Waals surface area contributed by atoms with Crippen molar-refractivity contribution in [2.45, 2.75) is 64.3 Å². The first-order chi connectivity index (χ1) is 7.36. The molecule has 0 aliphatic heterocycles. The fourth-order valence-corrected chi connectivity index (χ4v) is 2.63. The molecule has 1 aliphatic rings. The van der Waals surface area contributed by atoms with Gasteiger partial charge in [-0.05, 0) is 25.2 Å². The summed E-state index contributed by atoms with van der Waals surface area (Å²) in [4.78, 5) is 0. The van der Waals surface area contributed by atoms with E-state index in [0.29, 0.717) is 0 Å². The fourth-order valence-electron chi connectivity index (χ4n) is 2.63. The van der Waals surface area contributed by atoms with E-state index >= 15 is 0 Å². The van der Waals surface area contributed by atoms with Gasteiger partial charge in [0.15, 0.2) is 0 Å². The third-order valence-corrected chi connectivity index (χ3v) is 3.49. The minimum Gasteiger partial charge on any atom is -0.313 e. The van der Waals surface area contributed by atoms with Gasteiger partial charge in [0.2, 0.25) is 0 Å². The van der Waals surface area contributed by atoms with Crippen LogP contribution in [0, 0.1) is 18.3 Å². The van der Waals surface area contributed by atoms with Crippen LogP contribution in [0.3, 0.4) is 0 Å². The Morgan fingerprint density at radius 3 is 2.87 bits per heavy atom. The summed E-state index contributed by atoms with van der Waals surface area (Å²) in [6.45, 7) is 3.30. The van der Waals surface area contributed by atoms with Crippen molar-refractivity contribution in [2.24, 2.45) is 5.92 Å². The molecule has 1 heteroatoms. The highest BCUT2D eigenvalue weighted by atomic mass is 14.9. The van der Waals surface area contributed by atoms with Gasteiger partial charge in [-0.1, -0.05) is 32.6 Å². The zero-order valence-electron chi connectivity index (χ0n) is 10.1. The Bertz CT molecular complexity index is 192. The highest BCUT2D eigenvalue weighted by Gasteiger charge is 2.17. The van der Waals surface area contributed by atoms with Crippen LogP contribution in [0.2, 0.25) is 0 Å². The lowest BCUT2D eigenvalue weighted by atomic mass is 9.95. The molecule has 1 N–H and O–H groups in total. The summed E-state index contributed by atoms with van der Waals surface area (Å²) >= 11 is 0. The Morgan fingerprint density at radius 2 is 2.13 bits per heavy atom. The second-order valence-corrected chi connectivity index (χ2v) is 4.77. The molecule has 2 unspecified atom stereocenters. The van der Waals surface area contributed by atoms with Crippen molar-refractivity contribution in [1.29, 1.82) is 0 Å². The third-order valence-electron chi connectivity index (χ3n) is 3.49. The molecule has 0 aromatic heterocycles. The van der Waals surface area contributed by atoms with Crippen molar-refractivity contribution in [3.8, 4) is 12.3 Å². The van der Waals surface area contributed by atoms with Crippen molar-refractivity contribution >= 4 is 0 Å². The molecule has 0 bridgehead atoms. The summed E-state index contributed by atoms with van der Waals surface area (Å²) in [6.07, 6.45) is 15.9. The largest absolute Gasteiger partial charge is 0.313 e. The van der Waals surface area contributed by atoms with Crippen LogP contribution in [0.15, 0.2) is 0 Å². The van der Waals surface area contributed by atoms with Crippen molar-refractivity contribution in [2.75, 3.05) is 6.54 Å². The van der Waals surface area contributed by atoms with Crippen LogP contribution < -0.4 is 5.32 Å². The van der Waals surface area contributed by atoms with E-state index in [9.17, 15) is 0 Å². The molecule has 0 saturated heterocycles. The Labute approximate surface area is 95.0 Å². The molecular weight excluding hydrogens is 182 g/mol. The van der Waals surface area contributed by atoms with Crippen LogP contribution in [0.1, 0.15) is 58.3 Å². The maximum Gasteiger partial charge on any atom is 0.0211 e. The van der Waals surface area contributed by atoms with Gasteiger partial charge in [-0.15, -0.1) is 12.3 Å². The Balaban J connectivity index is 2.18. The fraction of sp³-hybridized carbons (Fsp3) is 0.857. The van der Waals surface area contributed by atoms with Gasteiger partial charge < -0.3 is 5.32 Å². The van der Waals surface area contributed by atoms with Crippen LogP contribution in [-0.2, 0) is 0 Å². The number of hydrogen-bond donors (Lipinski definition) is 1. The summed E-state index contributed by atoms with van der Waals surface area (Å²) in [5.41, 5.74) is 0. The molecule has 1 aliphatic carbocycles. The number of rotatable bonds is 5. The molecule has 86 valence electrons. The van der Waals surface area contributed by atoms with Crippen LogP contribution in [-0.4, -0.2) is 12.6 Å². The zero-order chi connectivity index (χ0) is 10.9. The van der Waals surface area contributed by atoms with Gasteiger partial charge >= 0.3 is 0 Å².